The summed E-state index contributed by atoms with van der Waals surface area (Å²) in [7, 11) is 4.64. The minimum atomic E-state index is -0.179. The van der Waals surface area contributed by atoms with Crippen LogP contribution in [-0.2, 0) is 4.74 Å². The van der Waals surface area contributed by atoms with E-state index < -0.39 is 0 Å². The quantitative estimate of drug-likeness (QED) is 0.761. The number of benzene rings is 1. The van der Waals surface area contributed by atoms with E-state index in [4.69, 9.17) is 19.9 Å². The van der Waals surface area contributed by atoms with Crippen LogP contribution in [0, 0.1) is 0 Å². The second-order valence-corrected chi connectivity index (χ2v) is 4.11. The maximum Gasteiger partial charge on any atom is 0.261 e. The van der Waals surface area contributed by atoms with Gasteiger partial charge in [0.1, 0.15) is 17.1 Å². The number of carbonyl (C=O) groups is 1. The molecule has 0 heterocycles. The minimum Gasteiger partial charge on any atom is -0.496 e. The van der Waals surface area contributed by atoms with E-state index in [2.05, 4.69) is 0 Å². The van der Waals surface area contributed by atoms with E-state index in [1.165, 1.54) is 14.2 Å². The standard InChI is InChI=1S/C14H22N2O4/c1-18-10-9-16(8-7-15)14(17)13-11(19-2)5-4-6-12(13)20-3/h4-6H,7-10,15H2,1-3H3. The van der Waals surface area contributed by atoms with Gasteiger partial charge in [-0.3, -0.25) is 4.79 Å². The number of hydrogen-bond acceptors (Lipinski definition) is 5. The zero-order valence-electron chi connectivity index (χ0n) is 12.2. The van der Waals surface area contributed by atoms with Crippen LogP contribution in [0.5, 0.6) is 11.5 Å². The molecule has 112 valence electrons. The first-order chi connectivity index (χ1) is 9.69. The van der Waals surface area contributed by atoms with Gasteiger partial charge in [-0.1, -0.05) is 6.07 Å². The summed E-state index contributed by atoms with van der Waals surface area (Å²) in [5, 5.41) is 0. The fourth-order valence-corrected chi connectivity index (χ4v) is 1.89. The van der Waals surface area contributed by atoms with Gasteiger partial charge in [-0.15, -0.1) is 0 Å². The Labute approximate surface area is 119 Å². The van der Waals surface area contributed by atoms with E-state index in [-0.39, 0.29) is 5.91 Å². The Balaban J connectivity index is 3.09. The summed E-state index contributed by atoms with van der Waals surface area (Å²) >= 11 is 0. The molecule has 6 heteroatoms. The maximum atomic E-state index is 12.7. The van der Waals surface area contributed by atoms with Crippen molar-refractivity contribution in [2.75, 3.05) is 47.6 Å². The number of methoxy groups -OCH3 is 3. The first-order valence-electron chi connectivity index (χ1n) is 6.38. The van der Waals surface area contributed by atoms with Crippen molar-refractivity contribution in [1.29, 1.82) is 0 Å². The van der Waals surface area contributed by atoms with Crippen LogP contribution < -0.4 is 15.2 Å². The highest BCUT2D eigenvalue weighted by Crippen LogP contribution is 2.29. The molecule has 0 bridgehead atoms. The molecule has 6 nitrogen and oxygen atoms in total. The van der Waals surface area contributed by atoms with Crippen molar-refractivity contribution in [2.24, 2.45) is 5.73 Å². The number of rotatable bonds is 8. The van der Waals surface area contributed by atoms with Crippen molar-refractivity contribution >= 4 is 5.91 Å². The van der Waals surface area contributed by atoms with Gasteiger partial charge in [0.15, 0.2) is 0 Å². The Bertz CT molecular complexity index is 415. The molecule has 0 atom stereocenters. The van der Waals surface area contributed by atoms with Crippen LogP contribution in [0.2, 0.25) is 0 Å². The van der Waals surface area contributed by atoms with Crippen LogP contribution >= 0.6 is 0 Å². The third-order valence-electron chi connectivity index (χ3n) is 2.89. The Morgan fingerprint density at radius 3 is 2.20 bits per heavy atom. The predicted octanol–water partition coefficient (Wildman–Crippen LogP) is 0.751. The Kier molecular flexibility index (Phi) is 6.83. The summed E-state index contributed by atoms with van der Waals surface area (Å²) in [5.41, 5.74) is 5.97. The molecule has 0 saturated carbocycles. The van der Waals surface area contributed by atoms with E-state index in [0.29, 0.717) is 43.3 Å². The normalized spacial score (nSPS) is 10.2. The summed E-state index contributed by atoms with van der Waals surface area (Å²) < 4.78 is 15.5. The van der Waals surface area contributed by atoms with Crippen LogP contribution in [0.25, 0.3) is 0 Å². The highest BCUT2D eigenvalue weighted by atomic mass is 16.5. The first kappa shape index (κ1) is 16.3. The van der Waals surface area contributed by atoms with Crippen molar-refractivity contribution < 1.29 is 19.0 Å². The zero-order valence-corrected chi connectivity index (χ0v) is 12.2. The molecular weight excluding hydrogens is 260 g/mol. The lowest BCUT2D eigenvalue weighted by molar-refractivity contribution is 0.0695. The highest BCUT2D eigenvalue weighted by molar-refractivity contribution is 5.99. The molecule has 1 aromatic carbocycles. The van der Waals surface area contributed by atoms with E-state index in [1.807, 2.05) is 0 Å². The van der Waals surface area contributed by atoms with Gasteiger partial charge in [0.2, 0.25) is 0 Å². The highest BCUT2D eigenvalue weighted by Gasteiger charge is 2.23. The molecule has 0 aliphatic carbocycles. The SMILES string of the molecule is COCCN(CCN)C(=O)c1c(OC)cccc1OC. The molecule has 0 spiro atoms. The van der Waals surface area contributed by atoms with Gasteiger partial charge in [-0.05, 0) is 12.1 Å². The topological polar surface area (TPSA) is 74.0 Å². The third-order valence-corrected chi connectivity index (χ3v) is 2.89. The predicted molar refractivity (Wildman–Crippen MR) is 76.4 cm³/mol. The minimum absolute atomic E-state index is 0.179. The lowest BCUT2D eigenvalue weighted by atomic mass is 10.1. The van der Waals surface area contributed by atoms with Gasteiger partial charge in [-0.25, -0.2) is 0 Å². The Morgan fingerprint density at radius 2 is 1.75 bits per heavy atom. The Hall–Kier alpha value is -1.79. The number of nitrogens with zero attached hydrogens (tertiary/aromatic N) is 1. The molecule has 0 aliphatic heterocycles. The number of nitrogens with two attached hydrogens (primary N) is 1. The molecule has 0 fully saturated rings. The first-order valence-corrected chi connectivity index (χ1v) is 6.38. The molecule has 0 aromatic heterocycles. The van der Waals surface area contributed by atoms with Crippen molar-refractivity contribution in [3.05, 3.63) is 23.8 Å². The number of ether oxygens (including phenoxy) is 3. The van der Waals surface area contributed by atoms with Crippen LogP contribution in [0.4, 0.5) is 0 Å². The van der Waals surface area contributed by atoms with Crippen LogP contribution in [0.1, 0.15) is 10.4 Å². The fraction of sp³-hybridized carbons (Fsp3) is 0.500. The molecule has 0 saturated heterocycles. The van der Waals surface area contributed by atoms with Gasteiger partial charge in [-0.2, -0.15) is 0 Å². The number of hydrogen-bond donors (Lipinski definition) is 1. The average Bonchev–Trinajstić information content (AvgIpc) is 2.49. The monoisotopic (exact) mass is 282 g/mol. The Morgan fingerprint density at radius 1 is 1.15 bits per heavy atom. The smallest absolute Gasteiger partial charge is 0.261 e. The molecule has 1 amide bonds. The van der Waals surface area contributed by atoms with E-state index in [0.717, 1.165) is 0 Å². The van der Waals surface area contributed by atoms with Gasteiger partial charge in [0, 0.05) is 26.7 Å². The average molecular weight is 282 g/mol. The summed E-state index contributed by atoms with van der Waals surface area (Å²) in [5.74, 6) is 0.782. The van der Waals surface area contributed by atoms with Crippen molar-refractivity contribution in [1.82, 2.24) is 4.90 Å². The van der Waals surface area contributed by atoms with Crippen molar-refractivity contribution in [2.45, 2.75) is 0 Å². The summed E-state index contributed by atoms with van der Waals surface area (Å²) in [4.78, 5) is 14.3. The molecule has 0 radical (unpaired) electrons. The van der Waals surface area contributed by atoms with E-state index in [1.54, 1.807) is 30.2 Å². The van der Waals surface area contributed by atoms with E-state index >= 15 is 0 Å². The van der Waals surface area contributed by atoms with Gasteiger partial charge < -0.3 is 24.8 Å². The lowest BCUT2D eigenvalue weighted by Gasteiger charge is -2.23. The molecule has 0 unspecified atom stereocenters. The zero-order chi connectivity index (χ0) is 15.0. The largest absolute Gasteiger partial charge is 0.496 e. The molecule has 1 rings (SSSR count). The number of carbonyl (C=O) groups excluding carboxylic acids is 1. The third kappa shape index (κ3) is 3.85. The van der Waals surface area contributed by atoms with Crippen molar-refractivity contribution in [3.63, 3.8) is 0 Å². The fourth-order valence-electron chi connectivity index (χ4n) is 1.89. The second kappa shape index (κ2) is 8.39. The molecule has 20 heavy (non-hydrogen) atoms. The summed E-state index contributed by atoms with van der Waals surface area (Å²) in [6, 6.07) is 5.23. The lowest BCUT2D eigenvalue weighted by Crippen LogP contribution is -2.38. The molecule has 0 aliphatic rings. The molecular formula is C14H22N2O4. The van der Waals surface area contributed by atoms with Gasteiger partial charge in [0.25, 0.3) is 5.91 Å². The summed E-state index contributed by atoms with van der Waals surface area (Å²) in [6.07, 6.45) is 0. The van der Waals surface area contributed by atoms with Gasteiger partial charge >= 0.3 is 0 Å². The number of amides is 1. The molecule has 2 N–H and O–H groups in total. The van der Waals surface area contributed by atoms with Crippen molar-refractivity contribution in [3.8, 4) is 11.5 Å². The maximum absolute atomic E-state index is 12.7. The van der Waals surface area contributed by atoms with Crippen LogP contribution in [0.15, 0.2) is 18.2 Å². The second-order valence-electron chi connectivity index (χ2n) is 4.11. The van der Waals surface area contributed by atoms with Gasteiger partial charge in [0.05, 0.1) is 20.8 Å². The van der Waals surface area contributed by atoms with Crippen LogP contribution in [-0.4, -0.2) is 58.4 Å². The van der Waals surface area contributed by atoms with E-state index in [9.17, 15) is 4.79 Å². The summed E-state index contributed by atoms with van der Waals surface area (Å²) in [6.45, 7) is 1.74. The molecule has 1 aromatic rings. The van der Waals surface area contributed by atoms with Crippen LogP contribution in [0.3, 0.4) is 0 Å².